The van der Waals surface area contributed by atoms with E-state index in [4.69, 9.17) is 0 Å². The van der Waals surface area contributed by atoms with Gasteiger partial charge >= 0.3 is 0 Å². The maximum absolute atomic E-state index is 3.97. The number of allylic oxidation sites excluding steroid dienone is 2. The average Bonchev–Trinajstić information content (AvgIpc) is 3.27. The Kier molecular flexibility index (Phi) is 8.59. The van der Waals surface area contributed by atoms with Gasteiger partial charge in [-0.05, 0) is 47.6 Å². The molecule has 0 aliphatic heterocycles. The van der Waals surface area contributed by atoms with Crippen LogP contribution >= 0.6 is 0 Å². The summed E-state index contributed by atoms with van der Waals surface area (Å²) < 4.78 is 4.68. The Labute approximate surface area is 214 Å². The predicted molar refractivity (Wildman–Crippen MR) is 151 cm³/mol. The number of hydrogen-bond donors (Lipinski definition) is 0. The summed E-state index contributed by atoms with van der Waals surface area (Å²) in [4.78, 5) is 0. The van der Waals surface area contributed by atoms with E-state index in [-0.39, 0.29) is 0 Å². The van der Waals surface area contributed by atoms with Gasteiger partial charge in [0, 0.05) is 22.3 Å². The summed E-state index contributed by atoms with van der Waals surface area (Å²) in [7, 11) is 0. The molecule has 0 bridgehead atoms. The van der Waals surface area contributed by atoms with E-state index in [9.17, 15) is 0 Å². The zero-order valence-electron chi connectivity index (χ0n) is 23.2. The highest BCUT2D eigenvalue weighted by atomic mass is 15.1. The van der Waals surface area contributed by atoms with Crippen LogP contribution in [0.25, 0.3) is 11.4 Å². The SMILES string of the molecule is C=CCc1cc(C(C)C)c(-n2cc[n+](-c3c(C(C)C)cc(CC=C)cc3C(C)C)c2)c(C(C)C)c1. The molecule has 35 heavy (non-hydrogen) atoms. The lowest BCUT2D eigenvalue weighted by molar-refractivity contribution is -0.596. The molecule has 0 saturated heterocycles. The fourth-order valence-electron chi connectivity index (χ4n) is 5.03. The number of rotatable bonds is 10. The molecule has 0 fully saturated rings. The Morgan fingerprint density at radius 2 is 1.09 bits per heavy atom. The van der Waals surface area contributed by atoms with Gasteiger partial charge in [-0.3, -0.25) is 0 Å². The molecule has 0 saturated carbocycles. The zero-order valence-corrected chi connectivity index (χ0v) is 23.2. The molecule has 1 heterocycles. The molecule has 2 aromatic carbocycles. The third-order valence-corrected chi connectivity index (χ3v) is 6.86. The molecule has 3 aromatic rings. The van der Waals surface area contributed by atoms with E-state index in [0.29, 0.717) is 23.7 Å². The zero-order chi connectivity index (χ0) is 25.9. The molecular formula is C33H45N2+. The summed E-state index contributed by atoms with van der Waals surface area (Å²) in [5, 5.41) is 0. The van der Waals surface area contributed by atoms with Crippen LogP contribution in [-0.4, -0.2) is 4.57 Å². The van der Waals surface area contributed by atoms with Crippen LogP contribution in [0.3, 0.4) is 0 Å². The number of nitrogens with zero attached hydrogens (tertiary/aromatic N) is 2. The Morgan fingerprint density at radius 1 is 0.686 bits per heavy atom. The smallest absolute Gasteiger partial charge is 0.201 e. The van der Waals surface area contributed by atoms with Crippen LogP contribution in [0.5, 0.6) is 0 Å². The molecule has 186 valence electrons. The maximum atomic E-state index is 3.97. The second kappa shape index (κ2) is 11.2. The van der Waals surface area contributed by atoms with E-state index < -0.39 is 0 Å². The summed E-state index contributed by atoms with van der Waals surface area (Å²) in [5.41, 5.74) is 10.9. The van der Waals surface area contributed by atoms with Gasteiger partial charge in [0.2, 0.25) is 0 Å². The van der Waals surface area contributed by atoms with Gasteiger partial charge in [0.1, 0.15) is 23.8 Å². The van der Waals surface area contributed by atoms with Crippen molar-refractivity contribution in [1.82, 2.24) is 4.57 Å². The van der Waals surface area contributed by atoms with Crippen LogP contribution in [0.1, 0.15) is 112 Å². The molecule has 2 heteroatoms. The first-order valence-electron chi connectivity index (χ1n) is 13.2. The van der Waals surface area contributed by atoms with Gasteiger partial charge in [-0.25, -0.2) is 9.13 Å². The largest absolute Gasteiger partial charge is 0.254 e. The van der Waals surface area contributed by atoms with Crippen molar-refractivity contribution in [1.29, 1.82) is 0 Å². The van der Waals surface area contributed by atoms with Crippen molar-refractivity contribution < 1.29 is 4.57 Å². The molecule has 3 rings (SSSR count). The second-order valence-electron chi connectivity index (χ2n) is 11.1. The van der Waals surface area contributed by atoms with Crippen LogP contribution in [0.2, 0.25) is 0 Å². The minimum atomic E-state index is 0.429. The summed E-state index contributed by atoms with van der Waals surface area (Å²) >= 11 is 0. The molecule has 0 amide bonds. The standard InChI is InChI=1S/C33H45N2/c1-11-13-26-17-28(22(3)4)32(29(18-26)23(5)6)34-15-16-35(21-34)33-30(24(7)8)19-27(14-12-2)20-31(33)25(9)10/h11-12,15-25H,1-2,13-14H2,3-10H3/q+1. The molecule has 0 aliphatic rings. The number of imidazole rings is 1. The molecule has 0 N–H and O–H groups in total. The van der Waals surface area contributed by atoms with E-state index in [1.165, 1.54) is 44.8 Å². The van der Waals surface area contributed by atoms with Crippen molar-refractivity contribution in [3.05, 3.63) is 102 Å². The van der Waals surface area contributed by atoms with Gasteiger partial charge < -0.3 is 0 Å². The summed E-state index contributed by atoms with van der Waals surface area (Å²) in [6, 6.07) is 9.50. The fourth-order valence-corrected chi connectivity index (χ4v) is 5.03. The van der Waals surface area contributed by atoms with E-state index >= 15 is 0 Å². The van der Waals surface area contributed by atoms with E-state index in [2.05, 4.69) is 121 Å². The van der Waals surface area contributed by atoms with Crippen LogP contribution in [0.15, 0.2) is 68.3 Å². The van der Waals surface area contributed by atoms with Crippen molar-refractivity contribution in [3.8, 4) is 11.4 Å². The minimum Gasteiger partial charge on any atom is -0.201 e. The first-order valence-corrected chi connectivity index (χ1v) is 13.2. The molecular weight excluding hydrogens is 424 g/mol. The summed E-state index contributed by atoms with van der Waals surface area (Å²) in [6.07, 6.45) is 12.5. The van der Waals surface area contributed by atoms with Crippen LogP contribution in [-0.2, 0) is 12.8 Å². The van der Waals surface area contributed by atoms with Gasteiger partial charge in [-0.1, -0.05) is 91.8 Å². The normalized spacial score (nSPS) is 11.8. The maximum Gasteiger partial charge on any atom is 0.254 e. The van der Waals surface area contributed by atoms with Crippen molar-refractivity contribution in [2.45, 2.75) is 91.9 Å². The molecule has 0 aliphatic carbocycles. The third kappa shape index (κ3) is 5.69. The molecule has 1 aromatic heterocycles. The Balaban J connectivity index is 2.28. The fraction of sp³-hybridized carbons (Fsp3) is 0.424. The highest BCUT2D eigenvalue weighted by Crippen LogP contribution is 2.34. The van der Waals surface area contributed by atoms with Crippen molar-refractivity contribution in [2.75, 3.05) is 0 Å². The lowest BCUT2D eigenvalue weighted by Gasteiger charge is -2.19. The molecule has 2 nitrogen and oxygen atoms in total. The Bertz CT molecular complexity index is 1040. The van der Waals surface area contributed by atoms with Crippen molar-refractivity contribution >= 4 is 0 Å². The number of hydrogen-bond acceptors (Lipinski definition) is 0. The average molecular weight is 470 g/mol. The first-order chi connectivity index (χ1) is 16.6. The molecule has 0 spiro atoms. The van der Waals surface area contributed by atoms with Crippen molar-refractivity contribution in [2.24, 2.45) is 0 Å². The van der Waals surface area contributed by atoms with Crippen LogP contribution in [0.4, 0.5) is 0 Å². The van der Waals surface area contributed by atoms with Gasteiger partial charge in [-0.2, -0.15) is 0 Å². The van der Waals surface area contributed by atoms with Crippen LogP contribution < -0.4 is 4.57 Å². The quantitative estimate of drug-likeness (QED) is 0.207. The predicted octanol–water partition coefficient (Wildman–Crippen LogP) is 8.70. The number of benzene rings is 2. The Hall–Kier alpha value is -2.87. The number of aromatic nitrogens is 2. The van der Waals surface area contributed by atoms with E-state index in [1.54, 1.807) is 0 Å². The minimum absolute atomic E-state index is 0.429. The highest BCUT2D eigenvalue weighted by molar-refractivity contribution is 5.54. The van der Waals surface area contributed by atoms with E-state index in [0.717, 1.165) is 12.8 Å². The topological polar surface area (TPSA) is 8.81 Å². The third-order valence-electron chi connectivity index (χ3n) is 6.86. The summed E-state index contributed by atoms with van der Waals surface area (Å²) in [6.45, 7) is 26.3. The van der Waals surface area contributed by atoms with Crippen molar-refractivity contribution in [3.63, 3.8) is 0 Å². The van der Waals surface area contributed by atoms with Gasteiger partial charge in [0.05, 0.1) is 0 Å². The second-order valence-corrected chi connectivity index (χ2v) is 11.1. The lowest BCUT2D eigenvalue weighted by atomic mass is 9.89. The van der Waals surface area contributed by atoms with Gasteiger partial charge in [0.25, 0.3) is 6.33 Å². The monoisotopic (exact) mass is 469 g/mol. The Morgan fingerprint density at radius 3 is 1.46 bits per heavy atom. The van der Waals surface area contributed by atoms with Gasteiger partial charge in [-0.15, -0.1) is 13.2 Å². The molecule has 0 radical (unpaired) electrons. The van der Waals surface area contributed by atoms with E-state index in [1.807, 2.05) is 12.2 Å². The molecule has 0 atom stereocenters. The lowest BCUT2D eigenvalue weighted by Crippen LogP contribution is -2.32. The van der Waals surface area contributed by atoms with Gasteiger partial charge in [0.15, 0.2) is 0 Å². The van der Waals surface area contributed by atoms with Crippen LogP contribution in [0, 0.1) is 0 Å². The molecule has 0 unspecified atom stereocenters. The highest BCUT2D eigenvalue weighted by Gasteiger charge is 2.25. The summed E-state index contributed by atoms with van der Waals surface area (Å²) in [5.74, 6) is 1.72. The first kappa shape index (κ1) is 26.7.